The van der Waals surface area contributed by atoms with Crippen LogP contribution in [0.1, 0.15) is 26.7 Å². The van der Waals surface area contributed by atoms with Crippen LogP contribution < -0.4 is 0 Å². The quantitative estimate of drug-likeness (QED) is 0.734. The van der Waals surface area contributed by atoms with Crippen LogP contribution in [0.2, 0.25) is 19.6 Å². The fraction of sp³-hybridized carbons (Fsp3) is 0.647. The second-order valence-electron chi connectivity index (χ2n) is 7.93. The summed E-state index contributed by atoms with van der Waals surface area (Å²) in [7, 11) is -1.74. The van der Waals surface area contributed by atoms with Crippen molar-refractivity contribution in [1.29, 1.82) is 0 Å². The number of carbonyl (C=O) groups is 2. The molecule has 4 heteroatoms. The van der Waals surface area contributed by atoms with E-state index >= 15 is 0 Å². The highest BCUT2D eigenvalue weighted by molar-refractivity contribution is 6.70. The summed E-state index contributed by atoms with van der Waals surface area (Å²) in [5, 5.41) is 0. The van der Waals surface area contributed by atoms with Crippen molar-refractivity contribution in [3.8, 4) is 0 Å². The van der Waals surface area contributed by atoms with Crippen molar-refractivity contribution < 1.29 is 14.0 Å². The molecule has 114 valence electrons. The van der Waals surface area contributed by atoms with Crippen LogP contribution in [-0.4, -0.2) is 19.9 Å². The first-order chi connectivity index (χ1) is 9.65. The van der Waals surface area contributed by atoms with Crippen LogP contribution in [0.25, 0.3) is 0 Å². The normalized spacial score (nSPS) is 38.8. The minimum atomic E-state index is -1.74. The summed E-state index contributed by atoms with van der Waals surface area (Å²) >= 11 is 0. The van der Waals surface area contributed by atoms with Gasteiger partial charge in [-0.15, -0.1) is 0 Å². The molecule has 4 aliphatic rings. The molecule has 4 atom stereocenters. The molecule has 21 heavy (non-hydrogen) atoms. The molecule has 0 aliphatic heterocycles. The number of hydrogen-bond acceptors (Lipinski definition) is 3. The lowest BCUT2D eigenvalue weighted by Gasteiger charge is -2.56. The molecule has 0 aromatic carbocycles. The van der Waals surface area contributed by atoms with Crippen LogP contribution in [0.4, 0.5) is 0 Å². The second kappa shape index (κ2) is 4.42. The minimum Gasteiger partial charge on any atom is -0.547 e. The number of rotatable bonds is 2. The van der Waals surface area contributed by atoms with E-state index in [2.05, 4.69) is 33.5 Å². The molecule has 1 fully saturated rings. The maximum atomic E-state index is 12.5. The Labute approximate surface area is 127 Å². The van der Waals surface area contributed by atoms with E-state index in [4.69, 9.17) is 4.43 Å². The molecule has 0 radical (unpaired) electrons. The predicted octanol–water partition coefficient (Wildman–Crippen LogP) is 3.48. The van der Waals surface area contributed by atoms with Gasteiger partial charge in [-0.2, -0.15) is 0 Å². The van der Waals surface area contributed by atoms with Gasteiger partial charge in [0.25, 0.3) is 0 Å². The van der Waals surface area contributed by atoms with Gasteiger partial charge in [0, 0.05) is 17.3 Å². The van der Waals surface area contributed by atoms with Gasteiger partial charge in [0.2, 0.25) is 8.32 Å². The maximum absolute atomic E-state index is 12.5. The third kappa shape index (κ3) is 2.07. The first kappa shape index (κ1) is 14.8. The monoisotopic (exact) mass is 304 g/mol. The Morgan fingerprint density at radius 1 is 1.19 bits per heavy atom. The largest absolute Gasteiger partial charge is 0.547 e. The van der Waals surface area contributed by atoms with Crippen LogP contribution in [0, 0.1) is 23.2 Å². The Kier molecular flexibility index (Phi) is 3.10. The van der Waals surface area contributed by atoms with Crippen LogP contribution in [-0.2, 0) is 14.0 Å². The number of carbonyl (C=O) groups excluding carboxylic acids is 2. The molecule has 0 aromatic rings. The average Bonchev–Trinajstić information content (AvgIpc) is 2.37. The highest BCUT2D eigenvalue weighted by Gasteiger charge is 2.60. The van der Waals surface area contributed by atoms with E-state index in [0.717, 1.165) is 18.6 Å². The summed E-state index contributed by atoms with van der Waals surface area (Å²) in [6.07, 6.45) is 4.91. The topological polar surface area (TPSA) is 43.4 Å². The second-order valence-corrected chi connectivity index (χ2v) is 12.4. The zero-order valence-electron chi connectivity index (χ0n) is 13.5. The Bertz CT molecular complexity index is 581. The molecule has 3 nitrogen and oxygen atoms in total. The van der Waals surface area contributed by atoms with Gasteiger partial charge in [0.1, 0.15) is 0 Å². The first-order valence-corrected chi connectivity index (χ1v) is 11.2. The van der Waals surface area contributed by atoms with Gasteiger partial charge in [0.05, 0.1) is 5.76 Å². The standard InChI is InChI=1S/C17H24O3Si/c1-10-11-8-9-17(2,16(10)20-21(3,4)5)15-13(19)7-6-12(18)14(11)15/h6-7,11,14-15H,8-9H2,1-5H3/t11?,14-,15+,17?/m0/s1. The van der Waals surface area contributed by atoms with E-state index in [1.807, 2.05) is 0 Å². The molecule has 0 spiro atoms. The van der Waals surface area contributed by atoms with Gasteiger partial charge < -0.3 is 4.43 Å². The van der Waals surface area contributed by atoms with Crippen LogP contribution >= 0.6 is 0 Å². The van der Waals surface area contributed by atoms with E-state index in [1.54, 1.807) is 0 Å². The van der Waals surface area contributed by atoms with Gasteiger partial charge in [-0.3, -0.25) is 9.59 Å². The minimum absolute atomic E-state index is 0.107. The van der Waals surface area contributed by atoms with E-state index in [-0.39, 0.29) is 34.7 Å². The molecule has 2 bridgehead atoms. The molecule has 4 rings (SSSR count). The van der Waals surface area contributed by atoms with E-state index in [0.29, 0.717) is 0 Å². The Morgan fingerprint density at radius 3 is 2.43 bits per heavy atom. The molecule has 1 saturated carbocycles. The molecule has 0 saturated heterocycles. The van der Waals surface area contributed by atoms with Gasteiger partial charge in [-0.25, -0.2) is 0 Å². The smallest absolute Gasteiger partial charge is 0.241 e. The SMILES string of the molecule is CC1=C(O[Si](C)(C)C)C2(C)CCC1[C@H]1C(=O)C=CC(=O)[C@H]12. The molecular weight excluding hydrogens is 280 g/mol. The number of ketones is 2. The van der Waals surface area contributed by atoms with Crippen molar-refractivity contribution in [1.82, 2.24) is 0 Å². The number of hydrogen-bond donors (Lipinski definition) is 0. The van der Waals surface area contributed by atoms with Crippen LogP contribution in [0.3, 0.4) is 0 Å². The average molecular weight is 304 g/mol. The fourth-order valence-electron chi connectivity index (χ4n) is 4.51. The van der Waals surface area contributed by atoms with E-state index < -0.39 is 8.32 Å². The van der Waals surface area contributed by atoms with Crippen molar-refractivity contribution in [2.24, 2.45) is 23.2 Å². The van der Waals surface area contributed by atoms with Crippen molar-refractivity contribution in [2.45, 2.75) is 46.3 Å². The zero-order valence-corrected chi connectivity index (χ0v) is 14.5. The highest BCUT2D eigenvalue weighted by atomic mass is 28.4. The molecule has 4 aliphatic carbocycles. The lowest BCUT2D eigenvalue weighted by atomic mass is 9.49. The number of allylic oxidation sites excluding steroid dienone is 4. The fourth-order valence-corrected chi connectivity index (χ4v) is 5.52. The number of fused-ring (bicyclic) bond motifs is 1. The lowest BCUT2D eigenvalue weighted by Crippen LogP contribution is -2.56. The molecular formula is C17H24O3Si. The Morgan fingerprint density at radius 2 is 1.81 bits per heavy atom. The Balaban J connectivity index is 2.13. The summed E-state index contributed by atoms with van der Waals surface area (Å²) in [5.74, 6) is 1.07. The molecule has 2 unspecified atom stereocenters. The summed E-state index contributed by atoms with van der Waals surface area (Å²) < 4.78 is 6.39. The van der Waals surface area contributed by atoms with Crippen molar-refractivity contribution in [2.75, 3.05) is 0 Å². The third-order valence-corrected chi connectivity index (χ3v) is 6.16. The lowest BCUT2D eigenvalue weighted by molar-refractivity contribution is -0.141. The maximum Gasteiger partial charge on any atom is 0.241 e. The molecule has 0 N–H and O–H groups in total. The molecule has 0 heterocycles. The molecule has 0 aromatic heterocycles. The predicted molar refractivity (Wildman–Crippen MR) is 84.1 cm³/mol. The third-order valence-electron chi connectivity index (χ3n) is 5.34. The van der Waals surface area contributed by atoms with E-state index in [1.165, 1.54) is 17.7 Å². The summed E-state index contributed by atoms with van der Waals surface area (Å²) in [5.41, 5.74) is 0.908. The van der Waals surface area contributed by atoms with Crippen molar-refractivity contribution in [3.05, 3.63) is 23.5 Å². The van der Waals surface area contributed by atoms with E-state index in [9.17, 15) is 9.59 Å². The van der Waals surface area contributed by atoms with Gasteiger partial charge >= 0.3 is 0 Å². The Hall–Kier alpha value is -1.16. The van der Waals surface area contributed by atoms with Gasteiger partial charge in [-0.1, -0.05) is 6.92 Å². The van der Waals surface area contributed by atoms with Crippen molar-refractivity contribution in [3.63, 3.8) is 0 Å². The zero-order chi connectivity index (χ0) is 15.6. The summed E-state index contributed by atoms with van der Waals surface area (Å²) in [6.45, 7) is 10.7. The van der Waals surface area contributed by atoms with Gasteiger partial charge in [-0.05, 0) is 63.0 Å². The van der Waals surface area contributed by atoms with Gasteiger partial charge in [0.15, 0.2) is 11.6 Å². The van der Waals surface area contributed by atoms with Crippen molar-refractivity contribution >= 4 is 19.9 Å². The first-order valence-electron chi connectivity index (χ1n) is 7.81. The van der Waals surface area contributed by atoms with Crippen LogP contribution in [0.5, 0.6) is 0 Å². The summed E-state index contributed by atoms with van der Waals surface area (Å²) in [6, 6.07) is 0. The summed E-state index contributed by atoms with van der Waals surface area (Å²) in [4.78, 5) is 24.8. The highest BCUT2D eigenvalue weighted by Crippen LogP contribution is 2.61. The molecule has 0 amide bonds. The van der Waals surface area contributed by atoms with Crippen LogP contribution in [0.15, 0.2) is 23.5 Å².